The van der Waals surface area contributed by atoms with Gasteiger partial charge in [-0.1, -0.05) is 130 Å². The topological polar surface area (TPSA) is 161 Å². The standard InChI is InChI=1S/4C8H16O2.Pb/c4*1-2-3-4-5-6-7-8(9)10;/h4*2-7H2,1H3,(H,9,10);/p-4. The van der Waals surface area contributed by atoms with E-state index in [9.17, 15) is 39.6 Å². The first kappa shape index (κ1) is 49.5. The van der Waals surface area contributed by atoms with Crippen LogP contribution in [-0.4, -0.2) is 51.2 Å². The van der Waals surface area contributed by atoms with Crippen LogP contribution < -0.4 is 20.4 Å². The summed E-state index contributed by atoms with van der Waals surface area (Å²) in [5, 5.41) is 39.7. The zero-order chi connectivity index (χ0) is 31.3. The van der Waals surface area contributed by atoms with E-state index in [0.717, 1.165) is 77.0 Å². The smallest absolute Gasteiger partial charge is 0.0414 e. The summed E-state index contributed by atoms with van der Waals surface area (Å²) in [6.07, 6.45) is 22.4. The fourth-order valence-electron chi connectivity index (χ4n) is 3.49. The Bertz CT molecular complexity index is 460. The number of carboxylic acids is 4. The Balaban J connectivity index is -0.000000139. The molecule has 0 spiro atoms. The van der Waals surface area contributed by atoms with Crippen LogP contribution in [0.5, 0.6) is 0 Å². The first-order valence-corrected chi connectivity index (χ1v) is 15.9. The SMILES string of the molecule is CCCCCCCC(=O)[O-].CCCCCCCC(=O)[O-].CCCCCCCC(=O)[O-].CCCCCCCC(=O)[O-].[Pb]. The maximum atomic E-state index is 9.92. The van der Waals surface area contributed by atoms with Crippen LogP contribution in [0.1, 0.15) is 182 Å². The van der Waals surface area contributed by atoms with E-state index >= 15 is 0 Å². The van der Waals surface area contributed by atoms with Crippen molar-refractivity contribution in [3.8, 4) is 0 Å². The minimum Gasteiger partial charge on any atom is -0.550 e. The van der Waals surface area contributed by atoms with Gasteiger partial charge in [-0.3, -0.25) is 0 Å². The Morgan fingerprint density at radius 1 is 0.317 bits per heavy atom. The Morgan fingerprint density at radius 2 is 0.463 bits per heavy atom. The molecule has 0 unspecified atom stereocenters. The molecule has 0 N–H and O–H groups in total. The van der Waals surface area contributed by atoms with E-state index in [-0.39, 0.29) is 53.0 Å². The molecule has 0 aromatic carbocycles. The van der Waals surface area contributed by atoms with Gasteiger partial charge in [0.15, 0.2) is 0 Å². The third-order valence-corrected chi connectivity index (χ3v) is 5.94. The summed E-state index contributed by atoms with van der Waals surface area (Å²) in [7, 11) is 0. The van der Waals surface area contributed by atoms with Crippen molar-refractivity contribution in [2.24, 2.45) is 0 Å². The summed E-state index contributed by atoms with van der Waals surface area (Å²) >= 11 is 0. The van der Waals surface area contributed by atoms with Crippen molar-refractivity contribution >= 4 is 51.2 Å². The van der Waals surface area contributed by atoms with Gasteiger partial charge in [0.25, 0.3) is 0 Å². The van der Waals surface area contributed by atoms with E-state index in [1.807, 2.05) is 0 Å². The van der Waals surface area contributed by atoms with Gasteiger partial charge in [0.2, 0.25) is 0 Å². The molecule has 4 radical (unpaired) electrons. The summed E-state index contributed by atoms with van der Waals surface area (Å²) in [4.78, 5) is 39.7. The molecule has 0 aliphatic rings. The van der Waals surface area contributed by atoms with Crippen LogP contribution in [0.25, 0.3) is 0 Å². The van der Waals surface area contributed by atoms with Gasteiger partial charge in [-0.2, -0.15) is 0 Å². The maximum Gasteiger partial charge on any atom is 0.0414 e. The van der Waals surface area contributed by atoms with Crippen LogP contribution in [0.4, 0.5) is 0 Å². The molecule has 0 amide bonds. The van der Waals surface area contributed by atoms with Crippen LogP contribution in [0, 0.1) is 0 Å². The minimum atomic E-state index is -0.920. The summed E-state index contributed by atoms with van der Waals surface area (Å²) < 4.78 is 0. The van der Waals surface area contributed by atoms with E-state index in [1.165, 1.54) is 51.4 Å². The monoisotopic (exact) mass is 780 g/mol. The van der Waals surface area contributed by atoms with Gasteiger partial charge in [-0.25, -0.2) is 0 Å². The molecule has 0 bridgehead atoms. The number of carboxylic acid groups (broad SMARTS) is 4. The fraction of sp³-hybridized carbons (Fsp3) is 0.875. The second-order valence-electron chi connectivity index (χ2n) is 10.1. The summed E-state index contributed by atoms with van der Waals surface area (Å²) in [6.45, 7) is 8.55. The molecule has 9 heteroatoms. The molecule has 41 heavy (non-hydrogen) atoms. The van der Waals surface area contributed by atoms with E-state index in [0.29, 0.717) is 0 Å². The Kier molecular flexibility index (Phi) is 55.2. The minimum absolute atomic E-state index is 0. The van der Waals surface area contributed by atoms with Crippen LogP contribution in [0.15, 0.2) is 0 Å². The number of rotatable bonds is 24. The van der Waals surface area contributed by atoms with Crippen LogP contribution in [0.2, 0.25) is 0 Å². The van der Waals surface area contributed by atoms with Gasteiger partial charge in [-0.05, 0) is 51.4 Å². The van der Waals surface area contributed by atoms with E-state index in [4.69, 9.17) is 0 Å². The number of unbranched alkanes of at least 4 members (excludes halogenated alkanes) is 16. The fourth-order valence-corrected chi connectivity index (χ4v) is 3.49. The number of carbonyl (C=O) groups is 4. The van der Waals surface area contributed by atoms with Crippen molar-refractivity contribution in [1.29, 1.82) is 0 Å². The third kappa shape index (κ3) is 73.2. The Labute approximate surface area is 271 Å². The number of carbonyl (C=O) groups excluding carboxylic acids is 4. The molecule has 0 aliphatic carbocycles. The van der Waals surface area contributed by atoms with Crippen LogP contribution >= 0.6 is 0 Å². The third-order valence-electron chi connectivity index (χ3n) is 5.94. The van der Waals surface area contributed by atoms with Gasteiger partial charge in [0.05, 0.1) is 0 Å². The van der Waals surface area contributed by atoms with Crippen molar-refractivity contribution in [1.82, 2.24) is 0 Å². The zero-order valence-corrected chi connectivity index (χ0v) is 30.6. The molecular formula is C32H60O8Pb-4. The quantitative estimate of drug-likeness (QED) is 0.105. The van der Waals surface area contributed by atoms with Crippen molar-refractivity contribution in [2.75, 3.05) is 0 Å². The van der Waals surface area contributed by atoms with Gasteiger partial charge < -0.3 is 39.6 Å². The average molecular weight is 780 g/mol. The Hall–Kier alpha value is -1.20. The molecule has 244 valence electrons. The predicted molar refractivity (Wildman–Crippen MR) is 159 cm³/mol. The normalized spacial score (nSPS) is 9.46. The molecule has 0 saturated heterocycles. The van der Waals surface area contributed by atoms with Crippen molar-refractivity contribution < 1.29 is 39.6 Å². The van der Waals surface area contributed by atoms with Gasteiger partial charge in [0, 0.05) is 51.2 Å². The number of aliphatic carboxylic acids is 4. The van der Waals surface area contributed by atoms with Gasteiger partial charge in [-0.15, -0.1) is 0 Å². The molecule has 0 aromatic rings. The molecule has 0 saturated carbocycles. The molecule has 8 nitrogen and oxygen atoms in total. The maximum absolute atomic E-state index is 9.92. The van der Waals surface area contributed by atoms with Crippen LogP contribution in [0.3, 0.4) is 0 Å². The van der Waals surface area contributed by atoms with Gasteiger partial charge >= 0.3 is 0 Å². The molecule has 0 fully saturated rings. The summed E-state index contributed by atoms with van der Waals surface area (Å²) in [6, 6.07) is 0. The molecule has 0 aromatic heterocycles. The van der Waals surface area contributed by atoms with Crippen molar-refractivity contribution in [3.63, 3.8) is 0 Å². The van der Waals surface area contributed by atoms with E-state index < -0.39 is 23.9 Å². The summed E-state index contributed by atoms with van der Waals surface area (Å²) in [5.41, 5.74) is 0. The molecular weight excluding hydrogens is 720 g/mol. The van der Waals surface area contributed by atoms with Gasteiger partial charge in [0.1, 0.15) is 0 Å². The second-order valence-corrected chi connectivity index (χ2v) is 10.1. The zero-order valence-electron chi connectivity index (χ0n) is 26.7. The van der Waals surface area contributed by atoms with Crippen LogP contribution in [-0.2, 0) is 19.2 Å². The first-order valence-electron chi connectivity index (χ1n) is 15.9. The number of hydrogen-bond donors (Lipinski definition) is 0. The first-order chi connectivity index (χ1) is 19.1. The molecule has 0 heterocycles. The summed E-state index contributed by atoms with van der Waals surface area (Å²) in [5.74, 6) is -3.68. The van der Waals surface area contributed by atoms with E-state index in [1.54, 1.807) is 0 Å². The largest absolute Gasteiger partial charge is 0.550 e. The predicted octanol–water partition coefficient (Wildman–Crippen LogP) is 4.01. The average Bonchev–Trinajstić information content (AvgIpc) is 2.89. The Morgan fingerprint density at radius 3 is 0.585 bits per heavy atom. The molecule has 0 aliphatic heterocycles. The second kappa shape index (κ2) is 45.8. The van der Waals surface area contributed by atoms with E-state index in [2.05, 4.69) is 27.7 Å². The molecule has 0 rings (SSSR count). The van der Waals surface area contributed by atoms with Crippen molar-refractivity contribution in [2.45, 2.75) is 182 Å². The number of hydrogen-bond acceptors (Lipinski definition) is 8. The van der Waals surface area contributed by atoms with Crippen molar-refractivity contribution in [3.05, 3.63) is 0 Å². The molecule has 0 atom stereocenters.